The van der Waals surface area contributed by atoms with Crippen LogP contribution < -0.4 is 10.6 Å². The molecule has 2 aliphatic heterocycles. The number of aliphatic carboxylic acids is 1. The molecule has 0 spiro atoms. The van der Waals surface area contributed by atoms with Crippen molar-refractivity contribution in [3.8, 4) is 0 Å². The molecule has 4 rings (SSSR count). The Hall–Kier alpha value is -2.27. The maximum absolute atomic E-state index is 14.6. The van der Waals surface area contributed by atoms with Gasteiger partial charge in [-0.05, 0) is 49.7 Å². The van der Waals surface area contributed by atoms with Crippen LogP contribution in [0.1, 0.15) is 36.5 Å². The van der Waals surface area contributed by atoms with Gasteiger partial charge in [-0.2, -0.15) is 0 Å². The van der Waals surface area contributed by atoms with Crippen molar-refractivity contribution >= 4 is 50.8 Å². The minimum atomic E-state index is -1.16. The molecule has 0 aromatic heterocycles. The second-order valence-electron chi connectivity index (χ2n) is 8.32. The molecule has 0 aliphatic carbocycles. The number of benzene rings is 2. The summed E-state index contributed by atoms with van der Waals surface area (Å²) in [6, 6.07) is 6.99. The number of hydrogen-bond donors (Lipinski definition) is 4. The van der Waals surface area contributed by atoms with Gasteiger partial charge in [-0.15, -0.1) is 0 Å². The Morgan fingerprint density at radius 3 is 2.50 bits per heavy atom. The van der Waals surface area contributed by atoms with E-state index >= 15 is 0 Å². The highest BCUT2D eigenvalue weighted by atomic mass is 79.9. The number of nitrogens with one attached hydrogen (secondary N) is 2. The third-order valence-corrected chi connectivity index (χ3v) is 6.50. The van der Waals surface area contributed by atoms with Crippen LogP contribution in [0.4, 0.5) is 20.2 Å². The summed E-state index contributed by atoms with van der Waals surface area (Å²) in [5.74, 6) is -3.55. The van der Waals surface area contributed by atoms with Crippen molar-refractivity contribution in [3.63, 3.8) is 0 Å². The molecule has 7 nitrogen and oxygen atoms in total. The van der Waals surface area contributed by atoms with Gasteiger partial charge < -0.3 is 25.7 Å². The third-order valence-electron chi connectivity index (χ3n) is 5.69. The summed E-state index contributed by atoms with van der Waals surface area (Å²) in [4.78, 5) is 23.5. The lowest BCUT2D eigenvalue weighted by Gasteiger charge is -2.51. The fraction of sp³-hybridized carbons (Fsp3) is 0.391. The lowest BCUT2D eigenvalue weighted by atomic mass is 9.81. The molecule has 2 aromatic carbocycles. The fourth-order valence-corrected chi connectivity index (χ4v) is 4.76. The average Bonchev–Trinajstić information content (AvgIpc) is 2.76. The van der Waals surface area contributed by atoms with E-state index in [1.165, 1.54) is 11.0 Å². The molecule has 2 aromatic rings. The molecule has 1 unspecified atom stereocenters. The van der Waals surface area contributed by atoms with Crippen LogP contribution in [0.3, 0.4) is 0 Å². The summed E-state index contributed by atoms with van der Waals surface area (Å²) < 4.78 is 29.3. The molecule has 4 N–H and O–H groups in total. The number of β-amino-alcohol motifs (C(OH)–C–C–N with tert-alkyl or cyclic N) is 1. The van der Waals surface area contributed by atoms with E-state index in [1.807, 2.05) is 0 Å². The minimum absolute atomic E-state index is 0.0217. The Kier molecular flexibility index (Phi) is 8.51. The SMILES string of the molecule is CC(=O)O.O=C(c1ccc(F)c(F)c1Nc1ccc(Br)cc1Cl)N1CC(O)(C2CCCCN2)C1. The van der Waals surface area contributed by atoms with Gasteiger partial charge in [0.25, 0.3) is 11.9 Å². The highest BCUT2D eigenvalue weighted by Gasteiger charge is 2.49. The van der Waals surface area contributed by atoms with Crippen molar-refractivity contribution in [2.24, 2.45) is 0 Å². The molecule has 11 heteroatoms. The molecule has 2 aliphatic rings. The van der Waals surface area contributed by atoms with Crippen LogP contribution in [0, 0.1) is 11.6 Å². The van der Waals surface area contributed by atoms with E-state index in [4.69, 9.17) is 21.5 Å². The van der Waals surface area contributed by atoms with Crippen molar-refractivity contribution in [1.82, 2.24) is 10.2 Å². The Balaban J connectivity index is 0.000000751. The Bertz CT molecular complexity index is 1070. The number of nitrogens with zero attached hydrogens (tertiary/aromatic N) is 1. The van der Waals surface area contributed by atoms with Crippen LogP contribution in [0.25, 0.3) is 0 Å². The van der Waals surface area contributed by atoms with Crippen LogP contribution >= 0.6 is 27.5 Å². The number of carbonyl (C=O) groups excluding carboxylic acids is 1. The molecular weight excluding hydrogens is 536 g/mol. The number of likely N-dealkylation sites (tertiary alicyclic amines) is 1. The summed E-state index contributed by atoms with van der Waals surface area (Å²) in [5.41, 5.74) is -0.969. The second-order valence-corrected chi connectivity index (χ2v) is 9.64. The summed E-state index contributed by atoms with van der Waals surface area (Å²) >= 11 is 9.47. The third kappa shape index (κ3) is 6.04. The monoisotopic (exact) mass is 559 g/mol. The van der Waals surface area contributed by atoms with E-state index in [0.717, 1.165) is 43.3 Å². The highest BCUT2D eigenvalue weighted by Crippen LogP contribution is 2.35. The zero-order chi connectivity index (χ0) is 25.0. The Labute approximate surface area is 209 Å². The lowest BCUT2D eigenvalue weighted by molar-refractivity contribution is -0.134. The van der Waals surface area contributed by atoms with Gasteiger partial charge in [-0.3, -0.25) is 9.59 Å². The van der Waals surface area contributed by atoms with Crippen LogP contribution in [0.2, 0.25) is 5.02 Å². The van der Waals surface area contributed by atoms with Crippen molar-refractivity contribution in [1.29, 1.82) is 0 Å². The summed E-state index contributed by atoms with van der Waals surface area (Å²) in [6.45, 7) is 2.20. The minimum Gasteiger partial charge on any atom is -0.481 e. The maximum atomic E-state index is 14.6. The average molecular weight is 561 g/mol. The van der Waals surface area contributed by atoms with E-state index in [9.17, 15) is 18.7 Å². The van der Waals surface area contributed by atoms with Crippen molar-refractivity contribution in [3.05, 3.63) is 57.0 Å². The Morgan fingerprint density at radius 2 is 1.91 bits per heavy atom. The number of anilines is 2. The number of carboxylic acids is 1. The molecule has 0 radical (unpaired) electrons. The van der Waals surface area contributed by atoms with E-state index in [2.05, 4.69) is 26.6 Å². The zero-order valence-corrected chi connectivity index (χ0v) is 20.7. The van der Waals surface area contributed by atoms with Crippen LogP contribution in [-0.4, -0.2) is 58.3 Å². The standard InChI is InChI=1S/C21H21BrClF2N3O2.C2H4O2/c22-12-4-7-16(14(23)9-12)27-19-13(5-6-15(24)18(19)25)20(29)28-10-21(30,11-28)17-3-1-2-8-26-17;1-2(3)4/h4-7,9,17,26-27,30H,1-3,8,10-11H2;1H3,(H,3,4). The molecule has 2 saturated heterocycles. The van der Waals surface area contributed by atoms with Gasteiger partial charge in [0.05, 0.1) is 35.1 Å². The molecule has 2 fully saturated rings. The number of piperidine rings is 1. The van der Waals surface area contributed by atoms with E-state index in [0.29, 0.717) is 5.69 Å². The molecule has 0 saturated carbocycles. The second kappa shape index (κ2) is 11.0. The summed E-state index contributed by atoms with van der Waals surface area (Å²) in [5, 5.41) is 24.6. The van der Waals surface area contributed by atoms with E-state index < -0.39 is 29.1 Å². The molecule has 34 heavy (non-hydrogen) atoms. The van der Waals surface area contributed by atoms with Gasteiger partial charge in [0.15, 0.2) is 11.6 Å². The first-order valence-corrected chi connectivity index (χ1v) is 11.8. The highest BCUT2D eigenvalue weighted by molar-refractivity contribution is 9.10. The largest absolute Gasteiger partial charge is 0.481 e. The molecule has 0 bridgehead atoms. The van der Waals surface area contributed by atoms with Crippen LogP contribution in [0.15, 0.2) is 34.8 Å². The molecular formula is C23H25BrClF2N3O4. The molecule has 1 amide bonds. The van der Waals surface area contributed by atoms with Gasteiger partial charge in [0.2, 0.25) is 0 Å². The molecule has 184 valence electrons. The predicted molar refractivity (Wildman–Crippen MR) is 129 cm³/mol. The van der Waals surface area contributed by atoms with E-state index in [1.54, 1.807) is 18.2 Å². The lowest BCUT2D eigenvalue weighted by Crippen LogP contribution is -2.72. The maximum Gasteiger partial charge on any atom is 0.300 e. The smallest absolute Gasteiger partial charge is 0.300 e. The van der Waals surface area contributed by atoms with Crippen molar-refractivity contribution in [2.45, 2.75) is 37.8 Å². The molecule has 1 atom stereocenters. The summed E-state index contributed by atoms with van der Waals surface area (Å²) in [7, 11) is 0. The first-order valence-electron chi connectivity index (χ1n) is 10.7. The van der Waals surface area contributed by atoms with Gasteiger partial charge in [-0.25, -0.2) is 8.78 Å². The summed E-state index contributed by atoms with van der Waals surface area (Å²) in [6.07, 6.45) is 2.94. The van der Waals surface area contributed by atoms with Crippen LogP contribution in [0.5, 0.6) is 0 Å². The quantitative estimate of drug-likeness (QED) is 0.438. The van der Waals surface area contributed by atoms with Gasteiger partial charge in [0, 0.05) is 17.4 Å². The van der Waals surface area contributed by atoms with Crippen molar-refractivity contribution in [2.75, 3.05) is 25.0 Å². The predicted octanol–water partition coefficient (Wildman–Crippen LogP) is 4.54. The van der Waals surface area contributed by atoms with E-state index in [-0.39, 0.29) is 35.4 Å². The number of rotatable bonds is 4. The topological polar surface area (TPSA) is 102 Å². The Morgan fingerprint density at radius 1 is 1.24 bits per heavy atom. The van der Waals surface area contributed by atoms with Gasteiger partial charge in [-0.1, -0.05) is 34.0 Å². The number of carbonyl (C=O) groups is 2. The number of amides is 1. The van der Waals surface area contributed by atoms with Crippen LogP contribution in [-0.2, 0) is 4.79 Å². The normalized spacial score (nSPS) is 18.9. The number of hydrogen-bond acceptors (Lipinski definition) is 5. The fourth-order valence-electron chi connectivity index (χ4n) is 4.04. The number of halogens is 4. The number of carboxylic acid groups (broad SMARTS) is 1. The first-order chi connectivity index (χ1) is 16.0. The molecule has 2 heterocycles. The van der Waals surface area contributed by atoms with Gasteiger partial charge in [0.1, 0.15) is 5.60 Å². The number of aliphatic hydroxyl groups is 1. The zero-order valence-electron chi connectivity index (χ0n) is 18.4. The van der Waals surface area contributed by atoms with Gasteiger partial charge >= 0.3 is 0 Å². The van der Waals surface area contributed by atoms with Crippen molar-refractivity contribution < 1.29 is 28.6 Å². The first kappa shape index (κ1) is 26.3.